The fourth-order valence-corrected chi connectivity index (χ4v) is 4.15. The van der Waals surface area contributed by atoms with E-state index >= 15 is 0 Å². The Morgan fingerprint density at radius 2 is 1.02 bits per heavy atom. The summed E-state index contributed by atoms with van der Waals surface area (Å²) in [6.45, 7) is 6.52. The molecule has 0 aliphatic rings. The van der Waals surface area contributed by atoms with E-state index < -0.39 is 41.1 Å². The molecule has 0 saturated heterocycles. The standard InChI is InChI=1S/C31H42N2O8/c1-30(2,39)26(34)23-15-11-21(12-16-23)25(22-13-17-24(18-14-22)27(35)31(3,4)40)41-29(38)33-20-10-8-6-5-7-9-19-32-28(36)37/h11-18,25,32,39-40H,5-10,19-20H2,1-4H3,(H,33,38)(H,36,37). The second kappa shape index (κ2) is 15.3. The Kier molecular flexibility index (Phi) is 12.5. The number of hydrogen-bond donors (Lipinski definition) is 5. The van der Waals surface area contributed by atoms with E-state index in [4.69, 9.17) is 9.84 Å². The lowest BCUT2D eigenvalue weighted by molar-refractivity contribution is 0.0487. The number of ether oxygens (including phenoxy) is 1. The van der Waals surface area contributed by atoms with Gasteiger partial charge in [-0.3, -0.25) is 9.59 Å². The Balaban J connectivity index is 2.04. The van der Waals surface area contributed by atoms with Gasteiger partial charge in [-0.2, -0.15) is 0 Å². The first-order valence-electron chi connectivity index (χ1n) is 13.9. The smallest absolute Gasteiger partial charge is 0.408 e. The molecule has 0 aromatic heterocycles. The van der Waals surface area contributed by atoms with Crippen molar-refractivity contribution < 1.29 is 39.2 Å². The number of carbonyl (C=O) groups is 4. The lowest BCUT2D eigenvalue weighted by Gasteiger charge is -2.21. The van der Waals surface area contributed by atoms with Gasteiger partial charge in [-0.1, -0.05) is 74.2 Å². The van der Waals surface area contributed by atoms with Crippen molar-refractivity contribution >= 4 is 23.8 Å². The lowest BCUT2D eigenvalue weighted by atomic mass is 9.92. The quantitative estimate of drug-likeness (QED) is 0.139. The van der Waals surface area contributed by atoms with Crippen molar-refractivity contribution in [1.82, 2.24) is 10.6 Å². The topological polar surface area (TPSA) is 162 Å². The van der Waals surface area contributed by atoms with Crippen LogP contribution in [0.1, 0.15) is 104 Å². The second-order valence-electron chi connectivity index (χ2n) is 11.1. The van der Waals surface area contributed by atoms with Crippen LogP contribution in [0.15, 0.2) is 48.5 Å². The summed E-state index contributed by atoms with van der Waals surface area (Å²) < 4.78 is 5.78. The molecule has 5 N–H and O–H groups in total. The maximum atomic E-state index is 12.7. The van der Waals surface area contributed by atoms with Crippen molar-refractivity contribution in [3.63, 3.8) is 0 Å². The average Bonchev–Trinajstić information content (AvgIpc) is 2.91. The van der Waals surface area contributed by atoms with Crippen LogP contribution >= 0.6 is 0 Å². The monoisotopic (exact) mass is 570 g/mol. The number of aliphatic hydroxyl groups is 2. The molecule has 2 aromatic carbocycles. The SMILES string of the molecule is CC(C)(O)C(=O)c1ccc(C(OC(=O)NCCCCCCCCNC(=O)O)c2ccc(C(=O)C(C)(C)O)cc2)cc1. The Labute approximate surface area is 241 Å². The largest absolute Gasteiger partial charge is 0.465 e. The number of Topliss-reactive ketones (excluding diaryl/α,β-unsaturated/α-hetero) is 2. The Hall–Kier alpha value is -3.76. The van der Waals surface area contributed by atoms with Crippen LogP contribution in [-0.4, -0.2) is 63.4 Å². The highest BCUT2D eigenvalue weighted by Gasteiger charge is 2.27. The zero-order valence-corrected chi connectivity index (χ0v) is 24.2. The van der Waals surface area contributed by atoms with E-state index in [0.717, 1.165) is 38.5 Å². The number of benzene rings is 2. The van der Waals surface area contributed by atoms with Gasteiger partial charge >= 0.3 is 12.2 Å². The molecule has 0 atom stereocenters. The Morgan fingerprint density at radius 3 is 1.39 bits per heavy atom. The zero-order valence-electron chi connectivity index (χ0n) is 24.2. The van der Waals surface area contributed by atoms with Gasteiger partial charge in [0, 0.05) is 24.2 Å². The second-order valence-corrected chi connectivity index (χ2v) is 11.1. The summed E-state index contributed by atoms with van der Waals surface area (Å²) in [6, 6.07) is 12.9. The molecule has 0 aliphatic carbocycles. The van der Waals surface area contributed by atoms with Gasteiger partial charge in [0.15, 0.2) is 17.7 Å². The highest BCUT2D eigenvalue weighted by molar-refractivity contribution is 6.02. The number of hydrogen-bond acceptors (Lipinski definition) is 7. The molecule has 0 aliphatic heterocycles. The number of alkyl carbamates (subject to hydrolysis) is 1. The molecule has 224 valence electrons. The fourth-order valence-electron chi connectivity index (χ4n) is 4.15. The number of carboxylic acid groups (broad SMARTS) is 1. The summed E-state index contributed by atoms with van der Waals surface area (Å²) >= 11 is 0. The number of nitrogens with one attached hydrogen (secondary N) is 2. The predicted octanol–water partition coefficient (Wildman–Crippen LogP) is 5.02. The summed E-state index contributed by atoms with van der Waals surface area (Å²) in [4.78, 5) is 48.0. The summed E-state index contributed by atoms with van der Waals surface area (Å²) in [7, 11) is 0. The van der Waals surface area contributed by atoms with Crippen LogP contribution in [0.2, 0.25) is 0 Å². The normalized spacial score (nSPS) is 11.7. The van der Waals surface area contributed by atoms with Crippen LogP contribution in [0.5, 0.6) is 0 Å². The molecular formula is C31H42N2O8. The fraction of sp³-hybridized carbons (Fsp3) is 0.484. The van der Waals surface area contributed by atoms with Crippen LogP contribution in [-0.2, 0) is 4.74 Å². The Bertz CT molecular complexity index is 1090. The maximum absolute atomic E-state index is 12.7. The molecule has 10 heteroatoms. The molecule has 2 aromatic rings. The molecule has 0 radical (unpaired) electrons. The van der Waals surface area contributed by atoms with E-state index in [2.05, 4.69) is 10.6 Å². The average molecular weight is 571 g/mol. The number of carbonyl (C=O) groups excluding carboxylic acids is 3. The first-order chi connectivity index (χ1) is 19.2. The number of rotatable bonds is 16. The number of ketones is 2. The van der Waals surface area contributed by atoms with Crippen molar-refractivity contribution in [3.8, 4) is 0 Å². The van der Waals surface area contributed by atoms with Crippen LogP contribution < -0.4 is 10.6 Å². The van der Waals surface area contributed by atoms with Crippen molar-refractivity contribution in [2.75, 3.05) is 13.1 Å². The highest BCUT2D eigenvalue weighted by Crippen LogP contribution is 2.28. The minimum atomic E-state index is -1.53. The van der Waals surface area contributed by atoms with Gasteiger partial charge in [0.2, 0.25) is 0 Å². The summed E-state index contributed by atoms with van der Waals surface area (Å²) in [5.41, 5.74) is -1.25. The minimum Gasteiger partial charge on any atom is -0.465 e. The van der Waals surface area contributed by atoms with E-state index in [1.54, 1.807) is 48.5 Å². The van der Waals surface area contributed by atoms with E-state index in [1.165, 1.54) is 27.7 Å². The molecule has 0 bridgehead atoms. The third-order valence-electron chi connectivity index (χ3n) is 6.44. The van der Waals surface area contributed by atoms with Gasteiger partial charge in [-0.15, -0.1) is 0 Å². The number of unbranched alkanes of at least 4 members (excludes halogenated alkanes) is 5. The van der Waals surface area contributed by atoms with Gasteiger partial charge in [-0.25, -0.2) is 9.59 Å². The third kappa shape index (κ3) is 11.3. The molecule has 2 rings (SSSR count). The van der Waals surface area contributed by atoms with Gasteiger partial charge in [0.05, 0.1) is 0 Å². The highest BCUT2D eigenvalue weighted by atomic mass is 16.6. The molecule has 10 nitrogen and oxygen atoms in total. The van der Waals surface area contributed by atoms with E-state index in [1.807, 2.05) is 0 Å². The van der Waals surface area contributed by atoms with Crippen molar-refractivity contribution in [2.24, 2.45) is 0 Å². The molecule has 0 saturated carbocycles. The van der Waals surface area contributed by atoms with E-state index in [0.29, 0.717) is 35.3 Å². The summed E-state index contributed by atoms with van der Waals surface area (Å²) in [5.74, 6) is -0.878. The number of amides is 2. The molecule has 41 heavy (non-hydrogen) atoms. The molecular weight excluding hydrogens is 528 g/mol. The van der Waals surface area contributed by atoms with Gasteiger partial charge < -0.3 is 30.7 Å². The molecule has 0 spiro atoms. The van der Waals surface area contributed by atoms with Crippen molar-refractivity contribution in [1.29, 1.82) is 0 Å². The molecule has 0 unspecified atom stereocenters. The summed E-state index contributed by atoms with van der Waals surface area (Å²) in [6.07, 6.45) is 2.85. The molecule has 0 fully saturated rings. The van der Waals surface area contributed by atoms with Crippen LogP contribution in [0.25, 0.3) is 0 Å². The van der Waals surface area contributed by atoms with Gasteiger partial charge in [0.25, 0.3) is 0 Å². The zero-order chi connectivity index (χ0) is 30.6. The third-order valence-corrected chi connectivity index (χ3v) is 6.44. The summed E-state index contributed by atoms with van der Waals surface area (Å²) in [5, 5.41) is 33.8. The maximum Gasteiger partial charge on any atom is 0.408 e. The van der Waals surface area contributed by atoms with Crippen LogP contribution in [0, 0.1) is 0 Å². The van der Waals surface area contributed by atoms with Crippen LogP contribution in [0.4, 0.5) is 9.59 Å². The molecule has 2 amide bonds. The predicted molar refractivity (Wildman–Crippen MR) is 154 cm³/mol. The van der Waals surface area contributed by atoms with Gasteiger partial charge in [0.1, 0.15) is 11.2 Å². The minimum absolute atomic E-state index is 0.314. The van der Waals surface area contributed by atoms with Gasteiger partial charge in [-0.05, 0) is 51.7 Å². The van der Waals surface area contributed by atoms with E-state index in [9.17, 15) is 29.4 Å². The molecule has 0 heterocycles. The first-order valence-corrected chi connectivity index (χ1v) is 13.9. The van der Waals surface area contributed by atoms with Crippen LogP contribution in [0.3, 0.4) is 0 Å². The van der Waals surface area contributed by atoms with Crippen molar-refractivity contribution in [3.05, 3.63) is 70.8 Å². The van der Waals surface area contributed by atoms with E-state index in [-0.39, 0.29) is 0 Å². The van der Waals surface area contributed by atoms with Crippen molar-refractivity contribution in [2.45, 2.75) is 83.5 Å². The lowest BCUT2D eigenvalue weighted by Crippen LogP contribution is -2.31. The Morgan fingerprint density at radius 1 is 0.659 bits per heavy atom. The first kappa shape index (κ1) is 33.4.